The molecule has 1 aromatic heterocycles. The Labute approximate surface area is 179 Å². The third-order valence-corrected chi connectivity index (χ3v) is 6.69. The minimum absolute atomic E-state index is 0.0407. The zero-order valence-electron chi connectivity index (χ0n) is 17.1. The molecule has 0 unspecified atom stereocenters. The Hall–Kier alpha value is -2.45. The summed E-state index contributed by atoms with van der Waals surface area (Å²) in [7, 11) is 1.45. The summed E-state index contributed by atoms with van der Waals surface area (Å²) in [5.41, 5.74) is 0.886. The summed E-state index contributed by atoms with van der Waals surface area (Å²) in [6.45, 7) is 3.96. The number of ether oxygens (including phenoxy) is 1. The van der Waals surface area contributed by atoms with Crippen LogP contribution in [0.25, 0.3) is 0 Å². The smallest absolute Gasteiger partial charge is 0.264 e. The zero-order valence-corrected chi connectivity index (χ0v) is 17.9. The van der Waals surface area contributed by atoms with Crippen LogP contribution in [-0.2, 0) is 11.3 Å². The number of carbonyl (C=O) groups is 2. The van der Waals surface area contributed by atoms with Crippen molar-refractivity contribution >= 4 is 23.2 Å². The molecule has 2 amide bonds. The first-order valence-electron chi connectivity index (χ1n) is 10.2. The van der Waals surface area contributed by atoms with Gasteiger partial charge in [-0.05, 0) is 42.0 Å². The summed E-state index contributed by atoms with van der Waals surface area (Å²) >= 11 is 1.41. The average molecular weight is 432 g/mol. The van der Waals surface area contributed by atoms with Crippen molar-refractivity contribution in [3.05, 3.63) is 52.0 Å². The highest BCUT2D eigenvalue weighted by Gasteiger charge is 2.37. The van der Waals surface area contributed by atoms with Crippen molar-refractivity contribution in [3.63, 3.8) is 0 Å². The lowest BCUT2D eigenvalue weighted by Gasteiger charge is -2.37. The summed E-state index contributed by atoms with van der Waals surface area (Å²) in [5, 5.41) is 1.88. The van der Waals surface area contributed by atoms with E-state index < -0.39 is 0 Å². The van der Waals surface area contributed by atoms with Crippen molar-refractivity contribution in [3.8, 4) is 5.75 Å². The van der Waals surface area contributed by atoms with Crippen LogP contribution in [0, 0.1) is 5.82 Å². The molecule has 30 heavy (non-hydrogen) atoms. The lowest BCUT2D eigenvalue weighted by atomic mass is 10.1. The number of methoxy groups -OCH3 is 1. The first-order valence-corrected chi connectivity index (χ1v) is 11.1. The second-order valence-electron chi connectivity index (χ2n) is 7.70. The van der Waals surface area contributed by atoms with E-state index in [1.54, 1.807) is 11.0 Å². The molecule has 0 saturated carbocycles. The van der Waals surface area contributed by atoms with Crippen LogP contribution in [0.4, 0.5) is 4.39 Å². The lowest BCUT2D eigenvalue weighted by Crippen LogP contribution is -2.54. The van der Waals surface area contributed by atoms with Crippen molar-refractivity contribution in [2.75, 3.05) is 39.8 Å². The summed E-state index contributed by atoms with van der Waals surface area (Å²) in [4.78, 5) is 32.4. The lowest BCUT2D eigenvalue weighted by molar-refractivity contribution is -0.137. The molecule has 0 bridgehead atoms. The first kappa shape index (κ1) is 20.8. The molecule has 2 fully saturated rings. The predicted molar refractivity (Wildman–Crippen MR) is 113 cm³/mol. The van der Waals surface area contributed by atoms with Crippen molar-refractivity contribution < 1.29 is 18.7 Å². The quantitative estimate of drug-likeness (QED) is 0.731. The maximum absolute atomic E-state index is 13.9. The molecule has 2 saturated heterocycles. The van der Waals surface area contributed by atoms with Crippen molar-refractivity contribution in [2.24, 2.45) is 0 Å². The molecule has 3 heterocycles. The third kappa shape index (κ3) is 4.34. The topological polar surface area (TPSA) is 53.1 Å². The molecular weight excluding hydrogens is 405 g/mol. The number of piperazine rings is 1. The van der Waals surface area contributed by atoms with Crippen LogP contribution < -0.4 is 4.74 Å². The van der Waals surface area contributed by atoms with Crippen molar-refractivity contribution in [2.45, 2.75) is 25.4 Å². The van der Waals surface area contributed by atoms with E-state index in [-0.39, 0.29) is 29.4 Å². The fourth-order valence-corrected chi connectivity index (χ4v) is 4.89. The molecule has 0 spiro atoms. The maximum Gasteiger partial charge on any atom is 0.264 e. The monoisotopic (exact) mass is 431 g/mol. The van der Waals surface area contributed by atoms with Gasteiger partial charge in [0.15, 0.2) is 11.6 Å². The fourth-order valence-electron chi connectivity index (χ4n) is 4.21. The average Bonchev–Trinajstić information content (AvgIpc) is 3.46. The predicted octanol–water partition coefficient (Wildman–Crippen LogP) is 2.84. The molecule has 0 aliphatic carbocycles. The maximum atomic E-state index is 13.9. The van der Waals surface area contributed by atoms with Gasteiger partial charge in [-0.1, -0.05) is 12.1 Å². The molecule has 1 aromatic carbocycles. The van der Waals surface area contributed by atoms with Gasteiger partial charge in [0.2, 0.25) is 5.91 Å². The van der Waals surface area contributed by atoms with Gasteiger partial charge in [-0.25, -0.2) is 4.39 Å². The molecule has 0 N–H and O–H groups in total. The molecule has 4 rings (SSSR count). The van der Waals surface area contributed by atoms with Gasteiger partial charge in [-0.3, -0.25) is 14.5 Å². The summed E-state index contributed by atoms with van der Waals surface area (Å²) < 4.78 is 18.9. The number of hydrogen-bond acceptors (Lipinski definition) is 5. The van der Waals surface area contributed by atoms with Crippen LogP contribution in [0.2, 0.25) is 0 Å². The molecule has 160 valence electrons. The fraction of sp³-hybridized carbons (Fsp3) is 0.455. The minimum Gasteiger partial charge on any atom is -0.494 e. The summed E-state index contributed by atoms with van der Waals surface area (Å²) in [6, 6.07) is 8.33. The zero-order chi connectivity index (χ0) is 21.1. The van der Waals surface area contributed by atoms with E-state index in [1.807, 2.05) is 28.5 Å². The Morgan fingerprint density at radius 2 is 1.97 bits per heavy atom. The van der Waals surface area contributed by atoms with E-state index in [0.29, 0.717) is 31.1 Å². The Bertz CT molecular complexity index is 897. The first-order chi connectivity index (χ1) is 14.6. The van der Waals surface area contributed by atoms with Crippen molar-refractivity contribution in [1.29, 1.82) is 0 Å². The molecule has 2 aromatic rings. The Balaban J connectivity index is 1.33. The number of nitrogens with zero attached hydrogens (tertiary/aromatic N) is 3. The molecular formula is C22H26FN3O3S. The van der Waals surface area contributed by atoms with Crippen LogP contribution in [0.3, 0.4) is 0 Å². The van der Waals surface area contributed by atoms with Gasteiger partial charge in [0.1, 0.15) is 6.04 Å². The molecule has 1 atom stereocenters. The number of hydrogen-bond donors (Lipinski definition) is 0. The number of thiophene rings is 1. The van der Waals surface area contributed by atoms with Gasteiger partial charge >= 0.3 is 0 Å². The Kier molecular flexibility index (Phi) is 6.34. The van der Waals surface area contributed by atoms with Gasteiger partial charge in [0.05, 0.1) is 12.0 Å². The molecule has 0 radical (unpaired) electrons. The summed E-state index contributed by atoms with van der Waals surface area (Å²) in [5.74, 6) is -0.110. The Morgan fingerprint density at radius 1 is 1.17 bits per heavy atom. The number of carbonyl (C=O) groups excluding carboxylic acids is 2. The van der Waals surface area contributed by atoms with Gasteiger partial charge in [-0.15, -0.1) is 11.3 Å². The second kappa shape index (κ2) is 9.14. The van der Waals surface area contributed by atoms with Crippen molar-refractivity contribution in [1.82, 2.24) is 14.7 Å². The standard InChI is InChI=1S/C22H26FN3O3S/c1-29-19-7-6-16(14-17(19)23)15-24-9-11-25(12-10-24)21(27)18-4-2-8-26(18)22(28)20-5-3-13-30-20/h3,5-7,13-14,18H,2,4,8-12,15H2,1H3/t18-/m0/s1. The highest BCUT2D eigenvalue weighted by molar-refractivity contribution is 7.12. The van der Waals surface area contributed by atoms with Crippen LogP contribution in [0.1, 0.15) is 28.1 Å². The molecule has 8 heteroatoms. The third-order valence-electron chi connectivity index (χ3n) is 5.84. The van der Waals surface area contributed by atoms with Gasteiger partial charge in [0, 0.05) is 39.3 Å². The largest absolute Gasteiger partial charge is 0.494 e. The van der Waals surface area contributed by atoms with Crippen LogP contribution in [0.15, 0.2) is 35.7 Å². The van der Waals surface area contributed by atoms with Gasteiger partial charge in [-0.2, -0.15) is 0 Å². The van der Waals surface area contributed by atoms with E-state index in [9.17, 15) is 14.0 Å². The minimum atomic E-state index is -0.361. The number of rotatable bonds is 5. The number of amides is 2. The second-order valence-corrected chi connectivity index (χ2v) is 8.65. The molecule has 2 aliphatic heterocycles. The van der Waals surface area contributed by atoms with Crippen LogP contribution in [0.5, 0.6) is 5.75 Å². The Morgan fingerprint density at radius 3 is 2.63 bits per heavy atom. The van der Waals surface area contributed by atoms with E-state index in [2.05, 4.69) is 4.90 Å². The normalized spacial score (nSPS) is 19.9. The van der Waals surface area contributed by atoms with E-state index in [1.165, 1.54) is 24.5 Å². The molecule has 2 aliphatic rings. The van der Waals surface area contributed by atoms with Gasteiger partial charge in [0.25, 0.3) is 5.91 Å². The van der Waals surface area contributed by atoms with Crippen LogP contribution >= 0.6 is 11.3 Å². The number of likely N-dealkylation sites (tertiary alicyclic amines) is 1. The summed E-state index contributed by atoms with van der Waals surface area (Å²) in [6.07, 6.45) is 1.58. The number of halogens is 1. The van der Waals surface area contributed by atoms with Crippen LogP contribution in [-0.4, -0.2) is 72.4 Å². The highest BCUT2D eigenvalue weighted by Crippen LogP contribution is 2.24. The number of benzene rings is 1. The van der Waals surface area contributed by atoms with E-state index in [0.717, 1.165) is 31.5 Å². The molecule has 6 nitrogen and oxygen atoms in total. The SMILES string of the molecule is COc1ccc(CN2CCN(C(=O)[C@@H]3CCCN3C(=O)c3cccs3)CC2)cc1F. The van der Waals surface area contributed by atoms with E-state index in [4.69, 9.17) is 4.74 Å². The van der Waals surface area contributed by atoms with E-state index >= 15 is 0 Å². The highest BCUT2D eigenvalue weighted by atomic mass is 32.1. The van der Waals surface area contributed by atoms with Gasteiger partial charge < -0.3 is 14.5 Å².